The van der Waals surface area contributed by atoms with E-state index in [1.165, 1.54) is 119 Å². The number of rotatable bonds is 5. The zero-order chi connectivity index (χ0) is 36.7. The topological polar surface area (TPSA) is 16.1 Å². The zero-order valence-corrected chi connectivity index (χ0v) is 31.4. The average Bonchev–Trinajstić information content (AvgIpc) is 3.46. The van der Waals surface area contributed by atoms with Gasteiger partial charge in [-0.2, -0.15) is 0 Å². The van der Waals surface area contributed by atoms with Gasteiger partial charge in [-0.1, -0.05) is 141 Å². The lowest BCUT2D eigenvalue weighted by Crippen LogP contribution is -2.54. The highest BCUT2D eigenvalue weighted by atomic mass is 15.3. The van der Waals surface area contributed by atoms with Gasteiger partial charge in [-0.25, -0.2) is 0 Å². The molecule has 9 aromatic rings. The van der Waals surface area contributed by atoms with E-state index in [1.807, 2.05) is 12.4 Å². The number of hydrogen-bond donors (Lipinski definition) is 0. The van der Waals surface area contributed by atoms with Crippen LogP contribution in [0.5, 0.6) is 0 Å². The molecule has 8 aromatic carbocycles. The summed E-state index contributed by atoms with van der Waals surface area (Å²) in [7, 11) is 0. The normalized spacial score (nSPS) is 19.3. The molecule has 0 saturated heterocycles. The molecule has 2 unspecified atom stereocenters. The second-order valence-electron chi connectivity index (χ2n) is 16.2. The molecule has 1 aliphatic heterocycles. The Bertz CT molecular complexity index is 2820. The summed E-state index contributed by atoms with van der Waals surface area (Å²) in [6, 6.07) is 59.0. The van der Waals surface area contributed by atoms with Crippen molar-refractivity contribution in [1.82, 2.24) is 4.98 Å². The summed E-state index contributed by atoms with van der Waals surface area (Å²) in [5.41, 5.74) is 14.1. The fraction of sp³-hybridized carbons (Fsp3) is 0.151. The van der Waals surface area contributed by atoms with Crippen LogP contribution in [0.1, 0.15) is 45.1 Å². The molecule has 0 amide bonds. The Hall–Kier alpha value is -6.25. The van der Waals surface area contributed by atoms with Crippen molar-refractivity contribution >= 4 is 43.7 Å². The number of hydrogen-bond acceptors (Lipinski definition) is 2. The lowest BCUT2D eigenvalue weighted by Gasteiger charge is -2.50. The minimum absolute atomic E-state index is 0.0150. The van der Waals surface area contributed by atoms with Gasteiger partial charge in [0.25, 0.3) is 0 Å². The number of anilines is 2. The Balaban J connectivity index is 1.24. The van der Waals surface area contributed by atoms with E-state index < -0.39 is 0 Å². The molecule has 2 heteroatoms. The number of pyridine rings is 1. The summed E-state index contributed by atoms with van der Waals surface area (Å²) in [4.78, 5) is 7.03. The van der Waals surface area contributed by atoms with E-state index in [2.05, 4.69) is 181 Å². The van der Waals surface area contributed by atoms with E-state index in [0.717, 1.165) is 0 Å². The quantitative estimate of drug-likeness (QED) is 0.166. The van der Waals surface area contributed by atoms with Crippen LogP contribution in [0, 0.1) is 0 Å². The van der Waals surface area contributed by atoms with Crippen molar-refractivity contribution < 1.29 is 0 Å². The van der Waals surface area contributed by atoms with Crippen LogP contribution in [0.2, 0.25) is 0 Å². The highest BCUT2D eigenvalue weighted by Gasteiger charge is 2.57. The third-order valence-corrected chi connectivity index (χ3v) is 13.5. The molecule has 1 aromatic heterocycles. The number of nitrogens with zero attached hydrogens (tertiary/aromatic N) is 2. The zero-order valence-electron chi connectivity index (χ0n) is 31.4. The van der Waals surface area contributed by atoms with Crippen molar-refractivity contribution in [1.29, 1.82) is 0 Å². The summed E-state index contributed by atoms with van der Waals surface area (Å²) in [6.07, 6.45) is 8.73. The van der Waals surface area contributed by atoms with E-state index in [0.29, 0.717) is 0 Å². The Kier molecular flexibility index (Phi) is 7.10. The van der Waals surface area contributed by atoms with Gasteiger partial charge in [0.15, 0.2) is 0 Å². The molecular weight excluding hydrogens is 665 g/mol. The van der Waals surface area contributed by atoms with Gasteiger partial charge in [0.1, 0.15) is 0 Å². The molecular formula is C53H42N2. The van der Waals surface area contributed by atoms with Crippen molar-refractivity contribution in [2.24, 2.45) is 0 Å². The van der Waals surface area contributed by atoms with Crippen molar-refractivity contribution in [3.05, 3.63) is 176 Å². The highest BCUT2D eigenvalue weighted by molar-refractivity contribution is 6.32. The summed E-state index contributed by atoms with van der Waals surface area (Å²) in [5, 5.41) is 7.87. The van der Waals surface area contributed by atoms with E-state index >= 15 is 0 Å². The van der Waals surface area contributed by atoms with Gasteiger partial charge in [-0.15, -0.1) is 0 Å². The summed E-state index contributed by atoms with van der Waals surface area (Å²) < 4.78 is 0. The lowest BCUT2D eigenvalue weighted by atomic mass is 9.61. The molecule has 2 aliphatic rings. The maximum absolute atomic E-state index is 4.39. The number of fused-ring (bicyclic) bond motifs is 3. The van der Waals surface area contributed by atoms with E-state index in [-0.39, 0.29) is 11.0 Å². The van der Waals surface area contributed by atoms with Gasteiger partial charge >= 0.3 is 0 Å². The predicted octanol–water partition coefficient (Wildman–Crippen LogP) is 14.4. The largest absolute Gasteiger partial charge is 0.334 e. The summed E-state index contributed by atoms with van der Waals surface area (Å²) in [6.45, 7) is 5.04. The third kappa shape index (κ3) is 4.64. The molecule has 1 saturated carbocycles. The fourth-order valence-corrected chi connectivity index (χ4v) is 10.6. The fourth-order valence-electron chi connectivity index (χ4n) is 10.6. The monoisotopic (exact) mass is 706 g/mol. The Morgan fingerprint density at radius 1 is 0.455 bits per heavy atom. The maximum Gasteiger partial charge on any atom is 0.0517 e. The smallest absolute Gasteiger partial charge is 0.0517 e. The molecule has 11 rings (SSSR count). The standard InChI is InChI=1S/C53H42N2/c1-52-28-12-13-29-53(52,2)55(39-26-30-54-31-27-39)49-25-20-38(32-48(49)52)47-34-46(37-18-10-5-11-19-37)42-22-21-40-44(35-14-6-3-7-15-35)33-45(36-16-8-4-9-17-36)41-23-24-43(47)51(42)50(40)41/h3-11,14-27,30-34H,12-13,28-29H2,1-2H3. The summed E-state index contributed by atoms with van der Waals surface area (Å²) in [5.74, 6) is 0. The van der Waals surface area contributed by atoms with Crippen LogP contribution in [-0.4, -0.2) is 10.5 Å². The van der Waals surface area contributed by atoms with Crippen LogP contribution in [0.3, 0.4) is 0 Å². The molecule has 0 spiro atoms. The first-order valence-electron chi connectivity index (χ1n) is 19.8. The minimum atomic E-state index is -0.0207. The van der Waals surface area contributed by atoms with Crippen molar-refractivity contribution in [3.63, 3.8) is 0 Å². The Morgan fingerprint density at radius 2 is 0.909 bits per heavy atom. The van der Waals surface area contributed by atoms with Gasteiger partial charge < -0.3 is 4.90 Å². The molecule has 0 N–H and O–H groups in total. The van der Waals surface area contributed by atoms with Crippen LogP contribution in [0.4, 0.5) is 11.4 Å². The van der Waals surface area contributed by atoms with Crippen molar-refractivity contribution in [2.75, 3.05) is 4.90 Å². The van der Waals surface area contributed by atoms with E-state index in [1.54, 1.807) is 0 Å². The molecule has 55 heavy (non-hydrogen) atoms. The Labute approximate surface area is 323 Å². The third-order valence-electron chi connectivity index (χ3n) is 13.5. The van der Waals surface area contributed by atoms with Crippen molar-refractivity contribution in [2.45, 2.75) is 50.5 Å². The average molecular weight is 707 g/mol. The van der Waals surface area contributed by atoms with Gasteiger partial charge in [0, 0.05) is 29.2 Å². The molecule has 2 heterocycles. The molecule has 264 valence electrons. The summed E-state index contributed by atoms with van der Waals surface area (Å²) >= 11 is 0. The van der Waals surface area contributed by atoms with Crippen molar-refractivity contribution in [3.8, 4) is 44.5 Å². The molecule has 1 fully saturated rings. The Morgan fingerprint density at radius 3 is 1.40 bits per heavy atom. The molecule has 2 atom stereocenters. The van der Waals surface area contributed by atoms with Crippen LogP contribution in [0.15, 0.2) is 170 Å². The molecule has 0 bridgehead atoms. The minimum Gasteiger partial charge on any atom is -0.334 e. The first kappa shape index (κ1) is 32.2. The van der Waals surface area contributed by atoms with Gasteiger partial charge in [-0.05, 0) is 139 Å². The maximum atomic E-state index is 4.39. The number of benzene rings is 8. The first-order valence-corrected chi connectivity index (χ1v) is 19.8. The van der Waals surface area contributed by atoms with Crippen LogP contribution < -0.4 is 4.90 Å². The first-order chi connectivity index (χ1) is 27.0. The van der Waals surface area contributed by atoms with Gasteiger partial charge in [0.2, 0.25) is 0 Å². The van der Waals surface area contributed by atoms with Gasteiger partial charge in [0.05, 0.1) is 5.54 Å². The van der Waals surface area contributed by atoms with E-state index in [9.17, 15) is 0 Å². The predicted molar refractivity (Wildman–Crippen MR) is 232 cm³/mol. The van der Waals surface area contributed by atoms with Crippen LogP contribution in [0.25, 0.3) is 76.8 Å². The molecule has 1 aliphatic carbocycles. The second-order valence-corrected chi connectivity index (χ2v) is 16.2. The van der Waals surface area contributed by atoms with Crippen LogP contribution >= 0.6 is 0 Å². The van der Waals surface area contributed by atoms with Gasteiger partial charge in [-0.3, -0.25) is 4.98 Å². The second kappa shape index (κ2) is 12.1. The van der Waals surface area contributed by atoms with E-state index in [4.69, 9.17) is 0 Å². The molecule has 0 radical (unpaired) electrons. The lowest BCUT2D eigenvalue weighted by molar-refractivity contribution is 0.195. The SMILES string of the molecule is CC12CCCCC1(C)N(c1ccncc1)c1ccc(-c3cc(-c4ccccc4)c4ccc5c(-c6ccccc6)cc(-c6ccccc6)c6ccc3c4c56)cc12. The highest BCUT2D eigenvalue weighted by Crippen LogP contribution is 2.61. The number of aromatic nitrogens is 1. The van der Waals surface area contributed by atoms with Crippen LogP contribution in [-0.2, 0) is 5.41 Å². The molecule has 2 nitrogen and oxygen atoms in total.